The Hall–Kier alpha value is -2.42. The molecule has 9 heteroatoms. The molecule has 0 radical (unpaired) electrons. The molecule has 0 bridgehead atoms. The van der Waals surface area contributed by atoms with E-state index in [2.05, 4.69) is 10.3 Å². The Kier molecular flexibility index (Phi) is 7.24. The second-order valence-corrected chi connectivity index (χ2v) is 8.35. The van der Waals surface area contributed by atoms with E-state index in [4.69, 9.17) is 16.3 Å². The molecule has 6 nitrogen and oxygen atoms in total. The van der Waals surface area contributed by atoms with E-state index in [1.165, 1.54) is 11.3 Å². The number of benzene rings is 1. The Balaban J connectivity index is 1.61. The Morgan fingerprint density at radius 3 is 2.69 bits per heavy atom. The number of likely N-dealkylation sites (N-methyl/N-ethyl adjacent to an activating group) is 1. The van der Waals surface area contributed by atoms with Gasteiger partial charge in [-0.3, -0.25) is 9.59 Å². The van der Waals surface area contributed by atoms with Gasteiger partial charge >= 0.3 is 0 Å². The second kappa shape index (κ2) is 9.87. The molecule has 1 aromatic carbocycles. The number of thiazole rings is 1. The van der Waals surface area contributed by atoms with Crippen molar-refractivity contribution in [2.24, 2.45) is 0 Å². The second-order valence-electron chi connectivity index (χ2n) is 5.96. The van der Waals surface area contributed by atoms with Gasteiger partial charge in [-0.2, -0.15) is 0 Å². The number of rotatable bonds is 8. The smallest absolute Gasteiger partial charge is 0.267 e. The van der Waals surface area contributed by atoms with Gasteiger partial charge in [-0.1, -0.05) is 17.7 Å². The first-order valence-corrected chi connectivity index (χ1v) is 11.1. The van der Waals surface area contributed by atoms with Gasteiger partial charge in [-0.05, 0) is 43.5 Å². The van der Waals surface area contributed by atoms with Crippen molar-refractivity contribution in [3.63, 3.8) is 0 Å². The van der Waals surface area contributed by atoms with Gasteiger partial charge in [0, 0.05) is 18.8 Å². The molecule has 0 fully saturated rings. The summed E-state index contributed by atoms with van der Waals surface area (Å²) in [4.78, 5) is 32.1. The predicted octanol–water partition coefficient (Wildman–Crippen LogP) is 5.02. The minimum Gasteiger partial charge on any atom is -0.482 e. The van der Waals surface area contributed by atoms with Crippen LogP contribution in [0.25, 0.3) is 9.88 Å². The lowest BCUT2D eigenvalue weighted by Crippen LogP contribution is -2.34. The van der Waals surface area contributed by atoms with Gasteiger partial charge in [0.1, 0.15) is 15.6 Å². The average molecular weight is 450 g/mol. The Morgan fingerprint density at radius 2 is 2.03 bits per heavy atom. The van der Waals surface area contributed by atoms with Crippen LogP contribution in [0.1, 0.15) is 23.5 Å². The summed E-state index contributed by atoms with van der Waals surface area (Å²) in [5, 5.41) is 5.90. The van der Waals surface area contributed by atoms with Gasteiger partial charge in [0.05, 0.1) is 16.1 Å². The van der Waals surface area contributed by atoms with E-state index >= 15 is 0 Å². The molecule has 0 saturated heterocycles. The molecule has 2 heterocycles. The highest BCUT2D eigenvalue weighted by Gasteiger charge is 2.15. The maximum atomic E-state index is 12.5. The van der Waals surface area contributed by atoms with Gasteiger partial charge in [-0.15, -0.1) is 22.7 Å². The van der Waals surface area contributed by atoms with Crippen LogP contribution in [-0.2, 0) is 4.79 Å². The van der Waals surface area contributed by atoms with Crippen LogP contribution in [0.2, 0.25) is 5.02 Å². The summed E-state index contributed by atoms with van der Waals surface area (Å²) in [6.45, 7) is 5.00. The number of carbonyl (C=O) groups is 2. The number of ether oxygens (including phenoxy) is 1. The van der Waals surface area contributed by atoms with Gasteiger partial charge in [-0.25, -0.2) is 4.98 Å². The fourth-order valence-electron chi connectivity index (χ4n) is 2.59. The molecule has 2 amide bonds. The van der Waals surface area contributed by atoms with Crippen LogP contribution in [0, 0.1) is 0 Å². The molecule has 3 aromatic rings. The summed E-state index contributed by atoms with van der Waals surface area (Å²) in [6, 6.07) is 8.83. The normalized spacial score (nSPS) is 10.6. The van der Waals surface area contributed by atoms with Crippen LogP contribution >= 0.6 is 34.3 Å². The molecule has 0 aliphatic carbocycles. The van der Waals surface area contributed by atoms with Crippen LogP contribution < -0.4 is 10.1 Å². The number of amides is 2. The van der Waals surface area contributed by atoms with Gasteiger partial charge in [0.2, 0.25) is 0 Å². The van der Waals surface area contributed by atoms with Crippen molar-refractivity contribution >= 4 is 51.8 Å². The van der Waals surface area contributed by atoms with Crippen molar-refractivity contribution in [3.05, 3.63) is 51.8 Å². The number of thiophene rings is 1. The van der Waals surface area contributed by atoms with Crippen LogP contribution in [0.15, 0.2) is 41.9 Å². The standard InChI is InChI=1S/C20H20ClN3O3S2/c1-3-24(4-2)18(25)12-27-15-8-7-13(10-14(15)21)23-19(26)17-11-22-20(29-17)16-6-5-9-28-16/h5-11H,3-4,12H2,1-2H3,(H,23,26). The lowest BCUT2D eigenvalue weighted by Gasteiger charge is -2.19. The first kappa shape index (κ1) is 21.3. The lowest BCUT2D eigenvalue weighted by molar-refractivity contribution is -0.132. The highest BCUT2D eigenvalue weighted by atomic mass is 35.5. The fourth-order valence-corrected chi connectivity index (χ4v) is 4.44. The van der Waals surface area contributed by atoms with Crippen LogP contribution in [0.3, 0.4) is 0 Å². The zero-order valence-corrected chi connectivity index (χ0v) is 18.4. The molecule has 0 saturated carbocycles. The van der Waals surface area contributed by atoms with E-state index in [0.29, 0.717) is 34.4 Å². The van der Waals surface area contributed by atoms with Crippen LogP contribution in [-0.4, -0.2) is 41.4 Å². The topological polar surface area (TPSA) is 71.5 Å². The molecule has 2 aromatic heterocycles. The van der Waals surface area contributed by atoms with E-state index < -0.39 is 0 Å². The summed E-state index contributed by atoms with van der Waals surface area (Å²) >= 11 is 9.16. The molecule has 3 rings (SSSR count). The molecule has 29 heavy (non-hydrogen) atoms. The molecule has 0 atom stereocenters. The summed E-state index contributed by atoms with van der Waals surface area (Å²) in [5.41, 5.74) is 0.536. The van der Waals surface area contributed by atoms with Gasteiger partial charge in [0.25, 0.3) is 11.8 Å². The number of anilines is 1. The van der Waals surface area contributed by atoms with E-state index in [-0.39, 0.29) is 18.4 Å². The highest BCUT2D eigenvalue weighted by molar-refractivity contribution is 7.22. The van der Waals surface area contributed by atoms with Crippen molar-refractivity contribution in [2.75, 3.05) is 25.0 Å². The van der Waals surface area contributed by atoms with Crippen molar-refractivity contribution in [1.29, 1.82) is 0 Å². The monoisotopic (exact) mass is 449 g/mol. The van der Waals surface area contributed by atoms with Gasteiger partial charge < -0.3 is 15.0 Å². The highest BCUT2D eigenvalue weighted by Crippen LogP contribution is 2.30. The number of carbonyl (C=O) groups excluding carboxylic acids is 2. The molecule has 152 valence electrons. The van der Waals surface area contributed by atoms with Crippen molar-refractivity contribution in [2.45, 2.75) is 13.8 Å². The quantitative estimate of drug-likeness (QED) is 0.523. The number of nitrogens with one attached hydrogen (secondary N) is 1. The van der Waals surface area contributed by atoms with E-state index in [1.807, 2.05) is 31.4 Å². The lowest BCUT2D eigenvalue weighted by atomic mass is 10.3. The third-order valence-electron chi connectivity index (χ3n) is 4.12. The molecular weight excluding hydrogens is 430 g/mol. The Morgan fingerprint density at radius 1 is 1.24 bits per heavy atom. The first-order valence-electron chi connectivity index (χ1n) is 9.03. The number of halogens is 1. The van der Waals surface area contributed by atoms with Crippen molar-refractivity contribution in [1.82, 2.24) is 9.88 Å². The largest absolute Gasteiger partial charge is 0.482 e. The van der Waals surface area contributed by atoms with E-state index in [9.17, 15) is 9.59 Å². The van der Waals surface area contributed by atoms with Crippen LogP contribution in [0.4, 0.5) is 5.69 Å². The molecule has 0 unspecified atom stereocenters. The minimum atomic E-state index is -0.258. The minimum absolute atomic E-state index is 0.0839. The van der Waals surface area contributed by atoms with Crippen molar-refractivity contribution in [3.8, 4) is 15.6 Å². The number of nitrogens with zero attached hydrogens (tertiary/aromatic N) is 2. The number of hydrogen-bond donors (Lipinski definition) is 1. The molecule has 0 spiro atoms. The average Bonchev–Trinajstić information content (AvgIpc) is 3.40. The summed E-state index contributed by atoms with van der Waals surface area (Å²) in [5.74, 6) is 0.0323. The third kappa shape index (κ3) is 5.35. The first-order chi connectivity index (χ1) is 14.0. The molecule has 1 N–H and O–H groups in total. The number of hydrogen-bond acceptors (Lipinski definition) is 6. The Bertz CT molecular complexity index is 985. The summed E-state index contributed by atoms with van der Waals surface area (Å²) < 4.78 is 5.53. The SMILES string of the molecule is CCN(CC)C(=O)COc1ccc(NC(=O)c2cnc(-c3cccs3)s2)cc1Cl. The molecule has 0 aliphatic heterocycles. The number of aromatic nitrogens is 1. The predicted molar refractivity (Wildman–Crippen MR) is 118 cm³/mol. The zero-order valence-electron chi connectivity index (χ0n) is 16.0. The Labute approximate surface area is 182 Å². The fraction of sp³-hybridized carbons (Fsp3) is 0.250. The molecule has 0 aliphatic rings. The van der Waals surface area contributed by atoms with Gasteiger partial charge in [0.15, 0.2) is 6.61 Å². The summed E-state index contributed by atoms with van der Waals surface area (Å²) in [6.07, 6.45) is 1.56. The maximum absolute atomic E-state index is 12.5. The van der Waals surface area contributed by atoms with E-state index in [1.54, 1.807) is 40.6 Å². The van der Waals surface area contributed by atoms with E-state index in [0.717, 1.165) is 9.88 Å². The maximum Gasteiger partial charge on any atom is 0.267 e. The van der Waals surface area contributed by atoms with Crippen LogP contribution in [0.5, 0.6) is 5.75 Å². The van der Waals surface area contributed by atoms with Crippen molar-refractivity contribution < 1.29 is 14.3 Å². The summed E-state index contributed by atoms with van der Waals surface area (Å²) in [7, 11) is 0. The molecular formula is C20H20ClN3O3S2. The zero-order chi connectivity index (χ0) is 20.8. The third-order valence-corrected chi connectivity index (χ3v) is 6.45.